The first-order chi connectivity index (χ1) is 11.6. The number of fused-ring (bicyclic) bond motifs is 1. The summed E-state index contributed by atoms with van der Waals surface area (Å²) in [6.07, 6.45) is 3.56. The lowest BCUT2D eigenvalue weighted by atomic mass is 9.65. The third-order valence-electron chi connectivity index (χ3n) is 5.47. The summed E-state index contributed by atoms with van der Waals surface area (Å²) in [4.78, 5) is 26.6. The molecule has 1 aromatic rings. The molecule has 0 aromatic heterocycles. The van der Waals surface area contributed by atoms with E-state index in [1.807, 2.05) is 31.2 Å². The summed E-state index contributed by atoms with van der Waals surface area (Å²) in [5.74, 6) is -1.39. The van der Waals surface area contributed by atoms with Crippen molar-refractivity contribution < 1.29 is 19.4 Å². The van der Waals surface area contributed by atoms with E-state index in [2.05, 4.69) is 0 Å². The zero-order valence-electron chi connectivity index (χ0n) is 14.2. The van der Waals surface area contributed by atoms with E-state index in [4.69, 9.17) is 4.74 Å². The number of carbonyl (C=O) groups excluding carboxylic acids is 1. The summed E-state index contributed by atoms with van der Waals surface area (Å²) < 4.78 is 5.45. The molecule has 0 saturated heterocycles. The molecule has 1 heterocycles. The van der Waals surface area contributed by atoms with Crippen LogP contribution in [0.4, 0.5) is 0 Å². The van der Waals surface area contributed by atoms with Crippen LogP contribution in [0.15, 0.2) is 24.3 Å². The molecule has 1 atom stereocenters. The van der Waals surface area contributed by atoms with E-state index in [1.54, 1.807) is 4.90 Å². The van der Waals surface area contributed by atoms with E-state index in [0.717, 1.165) is 36.8 Å². The lowest BCUT2D eigenvalue weighted by Crippen LogP contribution is -2.51. The third kappa shape index (κ3) is 3.05. The molecule has 3 rings (SSSR count). The number of carboxylic acid groups (broad SMARTS) is 1. The van der Waals surface area contributed by atoms with E-state index in [-0.39, 0.29) is 17.9 Å². The average molecular weight is 331 g/mol. The molecule has 5 nitrogen and oxygen atoms in total. The molecule has 1 fully saturated rings. The first kappa shape index (κ1) is 17.0. The van der Waals surface area contributed by atoms with Crippen molar-refractivity contribution in [2.24, 2.45) is 5.41 Å². The molecule has 0 spiro atoms. The van der Waals surface area contributed by atoms with Crippen LogP contribution in [0.3, 0.4) is 0 Å². The molecular weight excluding hydrogens is 306 g/mol. The smallest absolute Gasteiger partial charge is 0.312 e. The Morgan fingerprint density at radius 1 is 1.33 bits per heavy atom. The fraction of sp³-hybridized carbons (Fsp3) is 0.579. The predicted octanol–water partition coefficient (Wildman–Crippen LogP) is 2.79. The van der Waals surface area contributed by atoms with Gasteiger partial charge in [-0.1, -0.05) is 30.7 Å². The molecule has 1 unspecified atom stereocenters. The van der Waals surface area contributed by atoms with E-state index in [0.29, 0.717) is 19.8 Å². The Morgan fingerprint density at radius 3 is 2.71 bits per heavy atom. The highest BCUT2D eigenvalue weighted by Gasteiger charge is 2.47. The summed E-state index contributed by atoms with van der Waals surface area (Å²) in [5, 5.41) is 9.57. The van der Waals surface area contributed by atoms with Crippen molar-refractivity contribution in [3.05, 3.63) is 35.4 Å². The molecular formula is C19H25NO4. The lowest BCUT2D eigenvalue weighted by molar-refractivity contribution is -0.152. The number of aliphatic carboxylic acids is 1. The van der Waals surface area contributed by atoms with Crippen LogP contribution in [0.25, 0.3) is 0 Å². The number of ether oxygens (including phenoxy) is 1. The Balaban J connectivity index is 1.79. The van der Waals surface area contributed by atoms with Crippen LogP contribution in [0, 0.1) is 5.41 Å². The predicted molar refractivity (Wildman–Crippen MR) is 89.6 cm³/mol. The summed E-state index contributed by atoms with van der Waals surface area (Å²) in [6.45, 7) is 3.97. The topological polar surface area (TPSA) is 66.8 Å². The average Bonchev–Trinajstić information content (AvgIpc) is 2.55. The Labute approximate surface area is 142 Å². The van der Waals surface area contributed by atoms with Crippen molar-refractivity contribution >= 4 is 11.9 Å². The van der Waals surface area contributed by atoms with Gasteiger partial charge in [0.15, 0.2) is 0 Å². The standard InChI is InChI=1S/C19H25NO4/c1-2-24-11-10-19(8-5-9-19)18(23)20-12-14-6-3-4-7-15(14)16(13-20)17(21)22/h3-4,6-7,16H,2,5,8-13H2,1H3,(H,21,22). The minimum absolute atomic E-state index is 0.106. The fourth-order valence-corrected chi connectivity index (χ4v) is 3.89. The normalized spacial score (nSPS) is 21.7. The maximum Gasteiger partial charge on any atom is 0.312 e. The SMILES string of the molecule is CCOCCC1(C(=O)N2Cc3ccccc3C(C(=O)O)C2)CCC1. The number of nitrogens with zero attached hydrogens (tertiary/aromatic N) is 1. The van der Waals surface area contributed by atoms with Gasteiger partial charge in [-0.2, -0.15) is 0 Å². The van der Waals surface area contributed by atoms with Crippen LogP contribution in [0.5, 0.6) is 0 Å². The van der Waals surface area contributed by atoms with Crippen LogP contribution >= 0.6 is 0 Å². The van der Waals surface area contributed by atoms with E-state index < -0.39 is 11.9 Å². The Morgan fingerprint density at radius 2 is 2.08 bits per heavy atom. The molecule has 1 aliphatic heterocycles. The maximum absolute atomic E-state index is 13.2. The van der Waals surface area contributed by atoms with Crippen molar-refractivity contribution in [1.82, 2.24) is 4.90 Å². The van der Waals surface area contributed by atoms with E-state index in [9.17, 15) is 14.7 Å². The highest BCUT2D eigenvalue weighted by Crippen LogP contribution is 2.46. The van der Waals surface area contributed by atoms with Crippen molar-refractivity contribution in [2.45, 2.75) is 45.1 Å². The summed E-state index contributed by atoms with van der Waals surface area (Å²) in [6, 6.07) is 7.56. The molecule has 0 bridgehead atoms. The van der Waals surface area contributed by atoms with Crippen molar-refractivity contribution in [3.63, 3.8) is 0 Å². The fourth-order valence-electron chi connectivity index (χ4n) is 3.89. The van der Waals surface area contributed by atoms with Gasteiger partial charge in [-0.3, -0.25) is 9.59 Å². The largest absolute Gasteiger partial charge is 0.481 e. The van der Waals surface area contributed by atoms with Gasteiger partial charge in [0.05, 0.1) is 11.3 Å². The number of hydrogen-bond acceptors (Lipinski definition) is 3. The van der Waals surface area contributed by atoms with Gasteiger partial charge in [0.2, 0.25) is 5.91 Å². The molecule has 5 heteroatoms. The van der Waals surface area contributed by atoms with Gasteiger partial charge in [0.1, 0.15) is 0 Å². The highest BCUT2D eigenvalue weighted by atomic mass is 16.5. The quantitative estimate of drug-likeness (QED) is 0.814. The van der Waals surface area contributed by atoms with E-state index in [1.165, 1.54) is 0 Å². The van der Waals surface area contributed by atoms with Gasteiger partial charge < -0.3 is 14.7 Å². The first-order valence-corrected chi connectivity index (χ1v) is 8.75. The van der Waals surface area contributed by atoms with Crippen LogP contribution in [-0.4, -0.2) is 41.6 Å². The van der Waals surface area contributed by atoms with Crippen LogP contribution < -0.4 is 0 Å². The third-order valence-corrected chi connectivity index (χ3v) is 5.47. The number of hydrogen-bond donors (Lipinski definition) is 1. The Bertz CT molecular complexity index is 624. The summed E-state index contributed by atoms with van der Waals surface area (Å²) in [5.41, 5.74) is 1.44. The molecule has 1 saturated carbocycles. The zero-order valence-corrected chi connectivity index (χ0v) is 14.2. The minimum Gasteiger partial charge on any atom is -0.481 e. The second kappa shape index (κ2) is 6.93. The van der Waals surface area contributed by atoms with Crippen LogP contribution in [0.1, 0.15) is 49.7 Å². The van der Waals surface area contributed by atoms with Crippen molar-refractivity contribution in [1.29, 1.82) is 0 Å². The second-order valence-corrected chi connectivity index (χ2v) is 6.86. The van der Waals surface area contributed by atoms with Gasteiger partial charge in [0.25, 0.3) is 0 Å². The number of benzene rings is 1. The van der Waals surface area contributed by atoms with Gasteiger partial charge in [-0.05, 0) is 37.3 Å². The summed E-state index contributed by atoms with van der Waals surface area (Å²) >= 11 is 0. The van der Waals surface area contributed by atoms with Gasteiger partial charge in [-0.25, -0.2) is 0 Å². The van der Waals surface area contributed by atoms with Crippen molar-refractivity contribution in [3.8, 4) is 0 Å². The van der Waals surface area contributed by atoms with Gasteiger partial charge >= 0.3 is 5.97 Å². The Hall–Kier alpha value is -1.88. The zero-order chi connectivity index (χ0) is 17.2. The van der Waals surface area contributed by atoms with Gasteiger partial charge in [0, 0.05) is 26.3 Å². The van der Waals surface area contributed by atoms with E-state index >= 15 is 0 Å². The highest BCUT2D eigenvalue weighted by molar-refractivity contribution is 5.86. The molecule has 1 N–H and O–H groups in total. The number of rotatable bonds is 6. The summed E-state index contributed by atoms with van der Waals surface area (Å²) in [7, 11) is 0. The number of carboxylic acids is 1. The first-order valence-electron chi connectivity index (χ1n) is 8.75. The molecule has 130 valence electrons. The molecule has 0 radical (unpaired) electrons. The minimum atomic E-state index is -0.864. The monoisotopic (exact) mass is 331 g/mol. The maximum atomic E-state index is 13.2. The van der Waals surface area contributed by atoms with Gasteiger partial charge in [-0.15, -0.1) is 0 Å². The van der Waals surface area contributed by atoms with Crippen LogP contribution in [0.2, 0.25) is 0 Å². The molecule has 1 aliphatic carbocycles. The molecule has 24 heavy (non-hydrogen) atoms. The molecule has 1 amide bonds. The number of amides is 1. The molecule has 2 aliphatic rings. The molecule has 1 aromatic carbocycles. The second-order valence-electron chi connectivity index (χ2n) is 6.86. The van der Waals surface area contributed by atoms with Crippen LogP contribution in [-0.2, 0) is 20.9 Å². The number of carbonyl (C=O) groups is 2. The lowest BCUT2D eigenvalue weighted by Gasteiger charge is -2.45. The Kier molecular flexibility index (Phi) is 4.90. The van der Waals surface area contributed by atoms with Crippen molar-refractivity contribution in [2.75, 3.05) is 19.8 Å².